The third-order valence-corrected chi connectivity index (χ3v) is 5.52. The Bertz CT molecular complexity index is 1020. The lowest BCUT2D eigenvalue weighted by Crippen LogP contribution is -2.49. The molecule has 4 heterocycles. The summed E-state index contributed by atoms with van der Waals surface area (Å²) in [5.41, 5.74) is 2.84. The molecule has 9 nitrogen and oxygen atoms in total. The predicted molar refractivity (Wildman–Crippen MR) is 117 cm³/mol. The zero-order chi connectivity index (χ0) is 21.8. The maximum Gasteiger partial charge on any atom is 0.223 e. The van der Waals surface area contributed by atoms with E-state index in [9.17, 15) is 4.79 Å². The summed E-state index contributed by atoms with van der Waals surface area (Å²) in [6.45, 7) is 8.56. The molecule has 0 aromatic carbocycles. The summed E-state index contributed by atoms with van der Waals surface area (Å²) in [5, 5.41) is 15.7. The summed E-state index contributed by atoms with van der Waals surface area (Å²) in [6.07, 6.45) is 1.13. The molecule has 1 saturated heterocycles. The number of aryl methyl sites for hydroxylation is 3. The molecule has 0 atom stereocenters. The summed E-state index contributed by atoms with van der Waals surface area (Å²) >= 11 is 0. The van der Waals surface area contributed by atoms with Gasteiger partial charge in [-0.25, -0.2) is 4.98 Å². The number of hydrogen-bond acceptors (Lipinski definition) is 8. The van der Waals surface area contributed by atoms with E-state index in [0.29, 0.717) is 31.7 Å². The minimum atomic E-state index is 0.163. The first kappa shape index (κ1) is 20.8. The van der Waals surface area contributed by atoms with Gasteiger partial charge in [-0.05, 0) is 51.5 Å². The summed E-state index contributed by atoms with van der Waals surface area (Å²) in [5.74, 6) is 3.16. The molecule has 1 aliphatic heterocycles. The molecular weight excluding hydrogens is 394 g/mol. The van der Waals surface area contributed by atoms with Gasteiger partial charge in [-0.15, -0.1) is 10.2 Å². The molecule has 3 aromatic rings. The molecule has 0 aliphatic carbocycles. The number of aromatic nitrogens is 4. The smallest absolute Gasteiger partial charge is 0.223 e. The van der Waals surface area contributed by atoms with Crippen LogP contribution in [0, 0.1) is 20.8 Å². The van der Waals surface area contributed by atoms with Gasteiger partial charge in [0.1, 0.15) is 11.6 Å². The lowest BCUT2D eigenvalue weighted by Gasteiger charge is -2.35. The van der Waals surface area contributed by atoms with Crippen molar-refractivity contribution < 1.29 is 9.32 Å². The van der Waals surface area contributed by atoms with Gasteiger partial charge in [-0.2, -0.15) is 0 Å². The van der Waals surface area contributed by atoms with Crippen molar-refractivity contribution in [2.24, 2.45) is 0 Å². The summed E-state index contributed by atoms with van der Waals surface area (Å²) < 4.78 is 5.18. The Kier molecular flexibility index (Phi) is 6.11. The fourth-order valence-electron chi connectivity index (χ4n) is 3.74. The molecule has 3 aromatic heterocycles. The second-order valence-corrected chi connectivity index (χ2v) is 7.74. The molecule has 0 bridgehead atoms. The Balaban J connectivity index is 1.27. The first-order valence-corrected chi connectivity index (χ1v) is 10.5. The van der Waals surface area contributed by atoms with Crippen LogP contribution >= 0.6 is 0 Å². The van der Waals surface area contributed by atoms with Gasteiger partial charge in [0.05, 0.1) is 5.69 Å². The van der Waals surface area contributed by atoms with Gasteiger partial charge in [0, 0.05) is 43.9 Å². The van der Waals surface area contributed by atoms with E-state index in [1.807, 2.05) is 56.0 Å². The van der Waals surface area contributed by atoms with Gasteiger partial charge in [-0.1, -0.05) is 11.2 Å². The Morgan fingerprint density at radius 2 is 1.84 bits per heavy atom. The van der Waals surface area contributed by atoms with E-state index in [4.69, 9.17) is 4.52 Å². The summed E-state index contributed by atoms with van der Waals surface area (Å²) in [7, 11) is 0. The third-order valence-electron chi connectivity index (χ3n) is 5.52. The van der Waals surface area contributed by atoms with E-state index in [1.54, 1.807) is 0 Å². The topological polar surface area (TPSA) is 100 Å². The van der Waals surface area contributed by atoms with Gasteiger partial charge in [0.25, 0.3) is 0 Å². The standard InChI is InChI=1S/C22H27N7O2/c1-15-5-4-6-19(23-15)24-20-8-9-21(26-25-20)28-11-13-29(14-12-28)22(30)10-7-18-16(2)27-31-17(18)3/h4-6,8-9H,7,10-14H2,1-3H3,(H,23,24,25). The first-order valence-electron chi connectivity index (χ1n) is 10.5. The highest BCUT2D eigenvalue weighted by molar-refractivity contribution is 5.76. The van der Waals surface area contributed by atoms with Crippen molar-refractivity contribution >= 4 is 23.4 Å². The number of pyridine rings is 1. The highest BCUT2D eigenvalue weighted by atomic mass is 16.5. The molecule has 0 spiro atoms. The van der Waals surface area contributed by atoms with E-state index in [0.717, 1.165) is 47.4 Å². The molecule has 162 valence electrons. The average Bonchev–Trinajstić information content (AvgIpc) is 3.10. The van der Waals surface area contributed by atoms with Gasteiger partial charge >= 0.3 is 0 Å². The van der Waals surface area contributed by atoms with Crippen molar-refractivity contribution in [3.05, 3.63) is 53.0 Å². The Labute approximate surface area is 181 Å². The van der Waals surface area contributed by atoms with Gasteiger partial charge in [0.2, 0.25) is 5.91 Å². The monoisotopic (exact) mass is 421 g/mol. The van der Waals surface area contributed by atoms with Gasteiger partial charge < -0.3 is 19.6 Å². The number of piperazine rings is 1. The van der Waals surface area contributed by atoms with Crippen molar-refractivity contribution in [2.45, 2.75) is 33.6 Å². The fraction of sp³-hybridized carbons (Fsp3) is 0.409. The molecule has 0 saturated carbocycles. The van der Waals surface area contributed by atoms with Crippen LogP contribution in [0.25, 0.3) is 0 Å². The van der Waals surface area contributed by atoms with Crippen LogP contribution in [-0.2, 0) is 11.2 Å². The number of nitrogens with one attached hydrogen (secondary N) is 1. The molecule has 4 rings (SSSR count). The summed E-state index contributed by atoms with van der Waals surface area (Å²) in [4.78, 5) is 21.1. The molecule has 1 fully saturated rings. The number of carbonyl (C=O) groups excluding carboxylic acids is 1. The van der Waals surface area contributed by atoms with Crippen molar-refractivity contribution in [1.82, 2.24) is 25.2 Å². The van der Waals surface area contributed by atoms with Crippen molar-refractivity contribution in [2.75, 3.05) is 36.4 Å². The Hall–Kier alpha value is -3.49. The predicted octanol–water partition coefficient (Wildman–Crippen LogP) is 2.81. The van der Waals surface area contributed by atoms with Crippen LogP contribution in [0.5, 0.6) is 0 Å². The van der Waals surface area contributed by atoms with Crippen LogP contribution in [0.15, 0.2) is 34.9 Å². The molecule has 1 amide bonds. The normalized spacial score (nSPS) is 14.0. The van der Waals surface area contributed by atoms with Crippen molar-refractivity contribution in [3.8, 4) is 0 Å². The quantitative estimate of drug-likeness (QED) is 0.649. The van der Waals surface area contributed by atoms with Crippen LogP contribution in [-0.4, -0.2) is 57.3 Å². The SMILES string of the molecule is Cc1cccc(Nc2ccc(N3CCN(C(=O)CCc4c(C)noc4C)CC3)nn2)n1. The third kappa shape index (κ3) is 4.99. The van der Waals surface area contributed by atoms with Gasteiger partial charge in [0.15, 0.2) is 11.6 Å². The zero-order valence-electron chi connectivity index (χ0n) is 18.1. The van der Waals surface area contributed by atoms with Crippen LogP contribution in [0.3, 0.4) is 0 Å². The number of anilines is 3. The zero-order valence-corrected chi connectivity index (χ0v) is 18.1. The minimum absolute atomic E-state index is 0.163. The molecule has 1 N–H and O–H groups in total. The molecule has 0 unspecified atom stereocenters. The Morgan fingerprint density at radius 1 is 1.03 bits per heavy atom. The average molecular weight is 422 g/mol. The van der Waals surface area contributed by atoms with Crippen LogP contribution < -0.4 is 10.2 Å². The summed E-state index contributed by atoms with van der Waals surface area (Å²) in [6, 6.07) is 9.63. The number of nitrogens with zero attached hydrogens (tertiary/aromatic N) is 6. The van der Waals surface area contributed by atoms with Crippen LogP contribution in [0.1, 0.15) is 29.1 Å². The number of amides is 1. The second-order valence-electron chi connectivity index (χ2n) is 7.74. The second kappa shape index (κ2) is 9.11. The number of carbonyl (C=O) groups is 1. The van der Waals surface area contributed by atoms with Crippen molar-refractivity contribution in [1.29, 1.82) is 0 Å². The highest BCUT2D eigenvalue weighted by Gasteiger charge is 2.22. The van der Waals surface area contributed by atoms with Crippen LogP contribution in [0.4, 0.5) is 17.5 Å². The fourth-order valence-corrected chi connectivity index (χ4v) is 3.74. The number of rotatable bonds is 6. The van der Waals surface area contributed by atoms with E-state index in [2.05, 4.69) is 30.6 Å². The minimum Gasteiger partial charge on any atom is -0.361 e. The number of hydrogen-bond donors (Lipinski definition) is 1. The lowest BCUT2D eigenvalue weighted by atomic mass is 10.1. The Morgan fingerprint density at radius 3 is 2.48 bits per heavy atom. The first-order chi connectivity index (χ1) is 15.0. The van der Waals surface area contributed by atoms with E-state index in [-0.39, 0.29) is 5.91 Å². The maximum atomic E-state index is 12.6. The van der Waals surface area contributed by atoms with Gasteiger partial charge in [-0.3, -0.25) is 4.79 Å². The highest BCUT2D eigenvalue weighted by Crippen LogP contribution is 2.18. The molecular formula is C22H27N7O2. The van der Waals surface area contributed by atoms with E-state index < -0.39 is 0 Å². The van der Waals surface area contributed by atoms with E-state index in [1.165, 1.54) is 0 Å². The lowest BCUT2D eigenvalue weighted by molar-refractivity contribution is -0.131. The van der Waals surface area contributed by atoms with E-state index >= 15 is 0 Å². The maximum absolute atomic E-state index is 12.6. The largest absolute Gasteiger partial charge is 0.361 e. The van der Waals surface area contributed by atoms with Crippen molar-refractivity contribution in [3.63, 3.8) is 0 Å². The molecule has 31 heavy (non-hydrogen) atoms. The molecule has 9 heteroatoms. The molecule has 1 aliphatic rings. The molecule has 0 radical (unpaired) electrons. The van der Waals surface area contributed by atoms with Crippen LogP contribution in [0.2, 0.25) is 0 Å².